The monoisotopic (exact) mass is 191 g/mol. The summed E-state index contributed by atoms with van der Waals surface area (Å²) in [6.07, 6.45) is 0.194. The van der Waals surface area contributed by atoms with Gasteiger partial charge >= 0.3 is 0 Å². The molecule has 0 spiro atoms. The molecule has 2 heteroatoms. The number of hydrogen-bond acceptors (Lipinski definition) is 2. The second-order valence-electron chi connectivity index (χ2n) is 4.41. The van der Waals surface area contributed by atoms with Gasteiger partial charge in [0.1, 0.15) is 0 Å². The molecule has 76 valence electrons. The van der Waals surface area contributed by atoms with Crippen LogP contribution in [-0.2, 0) is 4.74 Å². The van der Waals surface area contributed by atoms with Crippen LogP contribution in [0.2, 0.25) is 0 Å². The molecule has 1 aliphatic heterocycles. The van der Waals surface area contributed by atoms with Crippen LogP contribution in [0.3, 0.4) is 0 Å². The fraction of sp³-hybridized carbons (Fsp3) is 0.500. The highest BCUT2D eigenvalue weighted by atomic mass is 16.5. The lowest BCUT2D eigenvalue weighted by atomic mass is 10.0. The van der Waals surface area contributed by atoms with Gasteiger partial charge in [-0.1, -0.05) is 30.3 Å². The van der Waals surface area contributed by atoms with E-state index >= 15 is 0 Å². The lowest BCUT2D eigenvalue weighted by Gasteiger charge is -2.36. The Morgan fingerprint density at radius 1 is 1.29 bits per heavy atom. The van der Waals surface area contributed by atoms with Crippen LogP contribution in [0.1, 0.15) is 25.5 Å². The molecule has 1 unspecified atom stereocenters. The van der Waals surface area contributed by atoms with Crippen LogP contribution in [0.15, 0.2) is 30.3 Å². The zero-order chi connectivity index (χ0) is 10.0. The predicted molar refractivity (Wildman–Crippen MR) is 57.2 cm³/mol. The first-order chi connectivity index (χ1) is 6.67. The maximum atomic E-state index is 6.00. The van der Waals surface area contributed by atoms with E-state index in [1.165, 1.54) is 5.56 Å². The van der Waals surface area contributed by atoms with E-state index in [9.17, 15) is 0 Å². The van der Waals surface area contributed by atoms with Crippen LogP contribution >= 0.6 is 0 Å². The summed E-state index contributed by atoms with van der Waals surface area (Å²) < 4.78 is 6.00. The van der Waals surface area contributed by atoms with E-state index in [4.69, 9.17) is 4.74 Å². The standard InChI is InChI=1S/C12H17NO/c1-12(2)9-13-8-11(14-12)10-6-4-3-5-7-10/h3-7,11,13H,8-9H2,1-2H3. The highest BCUT2D eigenvalue weighted by Crippen LogP contribution is 2.26. The van der Waals surface area contributed by atoms with Crippen molar-refractivity contribution in [3.05, 3.63) is 35.9 Å². The Kier molecular flexibility index (Phi) is 2.57. The molecular formula is C12H17NO. The molecule has 1 heterocycles. The van der Waals surface area contributed by atoms with Gasteiger partial charge in [0.05, 0.1) is 11.7 Å². The third-order valence-corrected chi connectivity index (χ3v) is 2.51. The van der Waals surface area contributed by atoms with Crippen molar-refractivity contribution in [1.82, 2.24) is 5.32 Å². The molecule has 1 aromatic rings. The minimum Gasteiger partial charge on any atom is -0.365 e. The zero-order valence-corrected chi connectivity index (χ0v) is 8.79. The Morgan fingerprint density at radius 3 is 2.64 bits per heavy atom. The molecule has 2 rings (SSSR count). The summed E-state index contributed by atoms with van der Waals surface area (Å²) in [6, 6.07) is 10.4. The molecule has 1 aromatic carbocycles. The predicted octanol–water partition coefficient (Wildman–Crippen LogP) is 2.13. The Balaban J connectivity index is 2.12. The summed E-state index contributed by atoms with van der Waals surface area (Å²) in [5.41, 5.74) is 1.20. The van der Waals surface area contributed by atoms with Gasteiger partial charge in [-0.05, 0) is 19.4 Å². The van der Waals surface area contributed by atoms with Gasteiger partial charge in [0, 0.05) is 13.1 Å². The van der Waals surface area contributed by atoms with Gasteiger partial charge in [0.25, 0.3) is 0 Å². The molecule has 2 nitrogen and oxygen atoms in total. The molecule has 0 amide bonds. The number of rotatable bonds is 1. The number of benzene rings is 1. The highest BCUT2D eigenvalue weighted by molar-refractivity contribution is 5.18. The van der Waals surface area contributed by atoms with Crippen molar-refractivity contribution in [2.45, 2.75) is 25.6 Å². The fourth-order valence-corrected chi connectivity index (χ4v) is 1.83. The number of nitrogens with one attached hydrogen (secondary N) is 1. The summed E-state index contributed by atoms with van der Waals surface area (Å²) in [7, 11) is 0. The molecule has 0 aromatic heterocycles. The summed E-state index contributed by atoms with van der Waals surface area (Å²) in [5.74, 6) is 0. The van der Waals surface area contributed by atoms with Crippen molar-refractivity contribution in [3.8, 4) is 0 Å². The van der Waals surface area contributed by atoms with Crippen LogP contribution in [-0.4, -0.2) is 18.7 Å². The summed E-state index contributed by atoms with van der Waals surface area (Å²) in [6.45, 7) is 6.08. The van der Waals surface area contributed by atoms with Crippen molar-refractivity contribution in [2.75, 3.05) is 13.1 Å². The Labute approximate surface area is 85.3 Å². The SMILES string of the molecule is CC1(C)CNCC(c2ccccc2)O1. The van der Waals surface area contributed by atoms with Gasteiger partial charge in [0.2, 0.25) is 0 Å². The van der Waals surface area contributed by atoms with E-state index in [-0.39, 0.29) is 11.7 Å². The first-order valence-corrected chi connectivity index (χ1v) is 5.11. The second-order valence-corrected chi connectivity index (χ2v) is 4.41. The first kappa shape index (κ1) is 9.69. The van der Waals surface area contributed by atoms with E-state index < -0.39 is 0 Å². The lowest BCUT2D eigenvalue weighted by Crippen LogP contribution is -2.46. The van der Waals surface area contributed by atoms with Gasteiger partial charge in [-0.15, -0.1) is 0 Å². The van der Waals surface area contributed by atoms with Crippen LogP contribution < -0.4 is 5.32 Å². The van der Waals surface area contributed by atoms with Crippen molar-refractivity contribution < 1.29 is 4.74 Å². The minimum atomic E-state index is -0.0568. The average Bonchev–Trinajstić information content (AvgIpc) is 2.18. The fourth-order valence-electron chi connectivity index (χ4n) is 1.83. The molecule has 0 bridgehead atoms. The molecule has 1 aliphatic rings. The largest absolute Gasteiger partial charge is 0.365 e. The Bertz CT molecular complexity index is 294. The summed E-state index contributed by atoms with van der Waals surface area (Å²) in [4.78, 5) is 0. The molecule has 0 radical (unpaired) electrons. The van der Waals surface area contributed by atoms with Gasteiger partial charge in [-0.2, -0.15) is 0 Å². The van der Waals surface area contributed by atoms with Gasteiger partial charge in [-0.3, -0.25) is 0 Å². The molecule has 0 saturated carbocycles. The van der Waals surface area contributed by atoms with Crippen molar-refractivity contribution in [2.24, 2.45) is 0 Å². The van der Waals surface area contributed by atoms with E-state index in [1.54, 1.807) is 0 Å². The van der Waals surface area contributed by atoms with Gasteiger partial charge < -0.3 is 10.1 Å². The van der Waals surface area contributed by atoms with Crippen LogP contribution in [0.4, 0.5) is 0 Å². The highest BCUT2D eigenvalue weighted by Gasteiger charge is 2.28. The Hall–Kier alpha value is -0.860. The van der Waals surface area contributed by atoms with Gasteiger partial charge in [0.15, 0.2) is 0 Å². The quantitative estimate of drug-likeness (QED) is 0.734. The molecule has 14 heavy (non-hydrogen) atoms. The Morgan fingerprint density at radius 2 is 2.00 bits per heavy atom. The molecule has 0 aliphatic carbocycles. The lowest BCUT2D eigenvalue weighted by molar-refractivity contribution is -0.0958. The minimum absolute atomic E-state index is 0.0568. The number of hydrogen-bond donors (Lipinski definition) is 1. The molecule has 1 N–H and O–H groups in total. The van der Waals surface area contributed by atoms with Crippen LogP contribution in [0, 0.1) is 0 Å². The van der Waals surface area contributed by atoms with E-state index in [2.05, 4.69) is 43.4 Å². The van der Waals surface area contributed by atoms with Crippen molar-refractivity contribution in [1.29, 1.82) is 0 Å². The molecule has 1 fully saturated rings. The maximum Gasteiger partial charge on any atom is 0.0957 e. The van der Waals surface area contributed by atoms with Gasteiger partial charge in [-0.25, -0.2) is 0 Å². The topological polar surface area (TPSA) is 21.3 Å². The maximum absolute atomic E-state index is 6.00. The zero-order valence-electron chi connectivity index (χ0n) is 8.79. The molecule has 1 saturated heterocycles. The summed E-state index contributed by atoms with van der Waals surface area (Å²) >= 11 is 0. The van der Waals surface area contributed by atoms with E-state index in [0.29, 0.717) is 0 Å². The van der Waals surface area contributed by atoms with E-state index in [1.807, 2.05) is 6.07 Å². The second kappa shape index (κ2) is 3.71. The molecule has 1 atom stereocenters. The number of morpholine rings is 1. The third kappa shape index (κ3) is 2.14. The van der Waals surface area contributed by atoms with Crippen LogP contribution in [0.5, 0.6) is 0 Å². The first-order valence-electron chi connectivity index (χ1n) is 5.11. The van der Waals surface area contributed by atoms with E-state index in [0.717, 1.165) is 13.1 Å². The third-order valence-electron chi connectivity index (χ3n) is 2.51. The van der Waals surface area contributed by atoms with Crippen molar-refractivity contribution >= 4 is 0 Å². The normalized spacial score (nSPS) is 26.0. The molecular weight excluding hydrogens is 174 g/mol. The van der Waals surface area contributed by atoms with Crippen molar-refractivity contribution in [3.63, 3.8) is 0 Å². The average molecular weight is 191 g/mol. The smallest absolute Gasteiger partial charge is 0.0957 e. The van der Waals surface area contributed by atoms with Crippen LogP contribution in [0.25, 0.3) is 0 Å². The summed E-state index contributed by atoms with van der Waals surface area (Å²) in [5, 5.41) is 3.40. The number of ether oxygens (including phenoxy) is 1.